The summed E-state index contributed by atoms with van der Waals surface area (Å²) < 4.78 is 1.04. The largest absolute Gasteiger partial charge is 0.338 e. The van der Waals surface area contributed by atoms with Gasteiger partial charge in [-0.25, -0.2) is 4.79 Å². The summed E-state index contributed by atoms with van der Waals surface area (Å²) in [6, 6.07) is -0.0272. The number of hydrogen-bond acceptors (Lipinski definition) is 2. The fourth-order valence-electron chi connectivity index (χ4n) is 2.20. The molecule has 0 spiro atoms. The molecular weight excluding hydrogens is 282 g/mol. The third kappa shape index (κ3) is 2.77. The van der Waals surface area contributed by atoms with Crippen molar-refractivity contribution in [1.82, 2.24) is 15.6 Å². The van der Waals surface area contributed by atoms with Crippen molar-refractivity contribution < 1.29 is 4.79 Å². The summed E-state index contributed by atoms with van der Waals surface area (Å²) in [6.07, 6.45) is 6.78. The standard InChI is InChI=1S/C12H16BrN3O/c1-2-15-12(17)16-11-5-3-4-8-9(11)6-14-7-10(8)13/h6-7,11H,2-5H2,1H3,(H2,15,16,17)/t11-/m1/s1. The fraction of sp³-hybridized carbons (Fsp3) is 0.500. The molecule has 2 amide bonds. The minimum atomic E-state index is -0.106. The Morgan fingerprint density at radius 1 is 1.59 bits per heavy atom. The number of aromatic nitrogens is 1. The molecule has 1 aliphatic rings. The van der Waals surface area contributed by atoms with Crippen LogP contribution in [0.5, 0.6) is 0 Å². The summed E-state index contributed by atoms with van der Waals surface area (Å²) in [6.45, 7) is 2.55. The summed E-state index contributed by atoms with van der Waals surface area (Å²) in [5, 5.41) is 5.75. The Balaban J connectivity index is 2.17. The summed E-state index contributed by atoms with van der Waals surface area (Å²) in [5.74, 6) is 0. The molecule has 1 aromatic heterocycles. The van der Waals surface area contributed by atoms with Crippen molar-refractivity contribution in [2.45, 2.75) is 32.2 Å². The van der Waals surface area contributed by atoms with Gasteiger partial charge in [-0.1, -0.05) is 0 Å². The number of carbonyl (C=O) groups excluding carboxylic acids is 1. The first kappa shape index (κ1) is 12.4. The van der Waals surface area contributed by atoms with Crippen molar-refractivity contribution in [2.75, 3.05) is 6.54 Å². The highest BCUT2D eigenvalue weighted by atomic mass is 79.9. The molecule has 1 atom stereocenters. The number of rotatable bonds is 2. The van der Waals surface area contributed by atoms with E-state index in [-0.39, 0.29) is 12.1 Å². The van der Waals surface area contributed by atoms with Crippen LogP contribution < -0.4 is 10.6 Å². The van der Waals surface area contributed by atoms with Crippen molar-refractivity contribution in [3.05, 3.63) is 28.0 Å². The van der Waals surface area contributed by atoms with Gasteiger partial charge in [-0.05, 0) is 53.2 Å². The topological polar surface area (TPSA) is 54.0 Å². The molecule has 0 saturated carbocycles. The second-order valence-electron chi connectivity index (χ2n) is 4.14. The first-order chi connectivity index (χ1) is 8.22. The van der Waals surface area contributed by atoms with Crippen LogP contribution in [0, 0.1) is 0 Å². The van der Waals surface area contributed by atoms with Crippen LogP contribution in [0.15, 0.2) is 16.9 Å². The Bertz CT molecular complexity index is 422. The van der Waals surface area contributed by atoms with E-state index >= 15 is 0 Å². The van der Waals surface area contributed by atoms with E-state index in [0.717, 1.165) is 29.3 Å². The predicted octanol–water partition coefficient (Wildman–Crippen LogP) is 2.54. The molecule has 1 aromatic rings. The summed E-state index contributed by atoms with van der Waals surface area (Å²) >= 11 is 3.52. The lowest BCUT2D eigenvalue weighted by molar-refractivity contribution is 0.236. The van der Waals surface area contributed by atoms with Crippen LogP contribution in [-0.4, -0.2) is 17.6 Å². The maximum absolute atomic E-state index is 11.6. The normalized spacial score (nSPS) is 18.4. The number of carbonyl (C=O) groups is 1. The maximum Gasteiger partial charge on any atom is 0.315 e. The van der Waals surface area contributed by atoms with Crippen LogP contribution >= 0.6 is 15.9 Å². The SMILES string of the molecule is CCNC(=O)N[C@@H]1CCCc2c(Br)cncc21. The van der Waals surface area contributed by atoms with Gasteiger partial charge in [0.05, 0.1) is 6.04 Å². The zero-order valence-corrected chi connectivity index (χ0v) is 11.4. The lowest BCUT2D eigenvalue weighted by atomic mass is 9.89. The zero-order chi connectivity index (χ0) is 12.3. The molecule has 0 aliphatic heterocycles. The van der Waals surface area contributed by atoms with E-state index < -0.39 is 0 Å². The lowest BCUT2D eigenvalue weighted by Gasteiger charge is -2.26. The van der Waals surface area contributed by atoms with E-state index in [0.29, 0.717) is 6.54 Å². The van der Waals surface area contributed by atoms with Gasteiger partial charge in [-0.3, -0.25) is 4.98 Å². The Morgan fingerprint density at radius 3 is 3.18 bits per heavy atom. The number of urea groups is 1. The molecule has 0 saturated heterocycles. The van der Waals surface area contributed by atoms with Crippen molar-refractivity contribution in [2.24, 2.45) is 0 Å². The van der Waals surface area contributed by atoms with E-state index in [1.54, 1.807) is 0 Å². The van der Waals surface area contributed by atoms with Crippen LogP contribution in [0.2, 0.25) is 0 Å². The van der Waals surface area contributed by atoms with E-state index in [1.165, 1.54) is 5.56 Å². The van der Waals surface area contributed by atoms with Crippen molar-refractivity contribution in [3.63, 3.8) is 0 Å². The predicted molar refractivity (Wildman–Crippen MR) is 69.8 cm³/mol. The molecule has 17 heavy (non-hydrogen) atoms. The highest BCUT2D eigenvalue weighted by Crippen LogP contribution is 2.33. The van der Waals surface area contributed by atoms with Gasteiger partial charge in [0.2, 0.25) is 0 Å². The molecule has 0 radical (unpaired) electrons. The van der Waals surface area contributed by atoms with Gasteiger partial charge in [0.15, 0.2) is 0 Å². The molecule has 1 heterocycles. The molecule has 0 aromatic carbocycles. The average Bonchev–Trinajstić information content (AvgIpc) is 2.31. The van der Waals surface area contributed by atoms with Gasteiger partial charge in [0, 0.05) is 23.4 Å². The number of hydrogen-bond donors (Lipinski definition) is 2. The second-order valence-corrected chi connectivity index (χ2v) is 4.99. The van der Waals surface area contributed by atoms with Crippen LogP contribution in [0.25, 0.3) is 0 Å². The van der Waals surface area contributed by atoms with Gasteiger partial charge < -0.3 is 10.6 Å². The second kappa shape index (κ2) is 5.49. The Labute approximate surface area is 109 Å². The molecule has 2 N–H and O–H groups in total. The Morgan fingerprint density at radius 2 is 2.41 bits per heavy atom. The summed E-state index contributed by atoms with van der Waals surface area (Å²) in [4.78, 5) is 15.7. The van der Waals surface area contributed by atoms with Crippen LogP contribution in [-0.2, 0) is 6.42 Å². The molecule has 5 heteroatoms. The van der Waals surface area contributed by atoms with Crippen LogP contribution in [0.4, 0.5) is 4.79 Å². The zero-order valence-electron chi connectivity index (χ0n) is 9.79. The monoisotopic (exact) mass is 297 g/mol. The number of nitrogens with one attached hydrogen (secondary N) is 2. The number of halogens is 1. The minimum absolute atomic E-state index is 0.0790. The van der Waals surface area contributed by atoms with Gasteiger partial charge in [-0.15, -0.1) is 0 Å². The number of nitrogens with zero attached hydrogens (tertiary/aromatic N) is 1. The van der Waals surface area contributed by atoms with Crippen molar-refractivity contribution in [3.8, 4) is 0 Å². The van der Waals surface area contributed by atoms with E-state index in [2.05, 4.69) is 31.5 Å². The van der Waals surface area contributed by atoms with Gasteiger partial charge in [-0.2, -0.15) is 0 Å². The molecule has 0 fully saturated rings. The smallest absolute Gasteiger partial charge is 0.315 e. The third-order valence-electron chi connectivity index (χ3n) is 2.98. The number of pyridine rings is 1. The van der Waals surface area contributed by atoms with Crippen molar-refractivity contribution >= 4 is 22.0 Å². The molecule has 0 unspecified atom stereocenters. The fourth-order valence-corrected chi connectivity index (χ4v) is 2.74. The van der Waals surface area contributed by atoms with Gasteiger partial charge in [0.1, 0.15) is 0 Å². The minimum Gasteiger partial charge on any atom is -0.338 e. The van der Waals surface area contributed by atoms with E-state index in [4.69, 9.17) is 0 Å². The van der Waals surface area contributed by atoms with E-state index in [9.17, 15) is 4.79 Å². The Hall–Kier alpha value is -1.10. The first-order valence-corrected chi connectivity index (χ1v) is 6.68. The van der Waals surface area contributed by atoms with Crippen LogP contribution in [0.3, 0.4) is 0 Å². The first-order valence-electron chi connectivity index (χ1n) is 5.89. The number of fused-ring (bicyclic) bond motifs is 1. The van der Waals surface area contributed by atoms with E-state index in [1.807, 2.05) is 19.3 Å². The summed E-state index contributed by atoms with van der Waals surface area (Å²) in [7, 11) is 0. The van der Waals surface area contributed by atoms with Crippen molar-refractivity contribution in [1.29, 1.82) is 0 Å². The van der Waals surface area contributed by atoms with Crippen LogP contribution in [0.1, 0.15) is 36.9 Å². The maximum atomic E-state index is 11.6. The average molecular weight is 298 g/mol. The molecule has 92 valence electrons. The summed E-state index contributed by atoms with van der Waals surface area (Å²) in [5.41, 5.74) is 2.41. The number of amides is 2. The molecule has 0 bridgehead atoms. The van der Waals surface area contributed by atoms with Gasteiger partial charge >= 0.3 is 6.03 Å². The lowest BCUT2D eigenvalue weighted by Crippen LogP contribution is -2.39. The highest BCUT2D eigenvalue weighted by molar-refractivity contribution is 9.10. The molecule has 1 aliphatic carbocycles. The third-order valence-corrected chi connectivity index (χ3v) is 3.66. The highest BCUT2D eigenvalue weighted by Gasteiger charge is 2.23. The quantitative estimate of drug-likeness (QED) is 0.881. The Kier molecular flexibility index (Phi) is 3.99. The molecule has 2 rings (SSSR count). The molecule has 4 nitrogen and oxygen atoms in total. The van der Waals surface area contributed by atoms with Gasteiger partial charge in [0.25, 0.3) is 0 Å². The molecular formula is C12H16BrN3O.